The van der Waals surface area contributed by atoms with Crippen molar-refractivity contribution in [2.45, 2.75) is 33.4 Å². The van der Waals surface area contributed by atoms with Crippen molar-refractivity contribution in [1.82, 2.24) is 15.5 Å². The van der Waals surface area contributed by atoms with Gasteiger partial charge in [-0.25, -0.2) is 4.99 Å². The highest BCUT2D eigenvalue weighted by Gasteiger charge is 2.10. The maximum atomic E-state index is 11.9. The predicted octanol–water partition coefficient (Wildman–Crippen LogP) is 3.19. The highest BCUT2D eigenvalue weighted by molar-refractivity contribution is 5.86. The van der Waals surface area contributed by atoms with E-state index < -0.39 is 0 Å². The lowest BCUT2D eigenvalue weighted by Gasteiger charge is -2.19. The van der Waals surface area contributed by atoms with Gasteiger partial charge in [0.25, 0.3) is 0 Å². The van der Waals surface area contributed by atoms with Gasteiger partial charge in [-0.1, -0.05) is 54.1 Å². The van der Waals surface area contributed by atoms with Gasteiger partial charge in [0.1, 0.15) is 0 Å². The Morgan fingerprint density at radius 2 is 1.81 bits per heavy atom. The third-order valence-electron chi connectivity index (χ3n) is 4.46. The minimum absolute atomic E-state index is 0.00313. The standard InChI is InChI=1S/C22H30N4O/c1-16-11-12-20(17(2)13-16)14-23-22(24-15-21(27)26(4)5)25-18(3)19-9-7-6-8-10-19/h6-13,18H,14-15H2,1-5H3,(H2,23,24,25). The van der Waals surface area contributed by atoms with Crippen LogP contribution in [-0.4, -0.2) is 37.4 Å². The van der Waals surface area contributed by atoms with Crippen LogP contribution in [0.5, 0.6) is 0 Å². The van der Waals surface area contributed by atoms with E-state index in [4.69, 9.17) is 4.99 Å². The average Bonchev–Trinajstić information content (AvgIpc) is 2.65. The summed E-state index contributed by atoms with van der Waals surface area (Å²) in [5.74, 6) is 0.630. The van der Waals surface area contributed by atoms with Gasteiger partial charge in [0.2, 0.25) is 5.91 Å². The van der Waals surface area contributed by atoms with Gasteiger partial charge in [-0.2, -0.15) is 0 Å². The van der Waals surface area contributed by atoms with Crippen molar-refractivity contribution in [2.75, 3.05) is 20.6 Å². The zero-order chi connectivity index (χ0) is 19.8. The zero-order valence-corrected chi connectivity index (χ0v) is 16.9. The van der Waals surface area contributed by atoms with Gasteiger partial charge in [-0.15, -0.1) is 0 Å². The number of aliphatic imine (C=N–C) groups is 1. The van der Waals surface area contributed by atoms with Gasteiger partial charge < -0.3 is 15.5 Å². The van der Waals surface area contributed by atoms with Gasteiger partial charge in [-0.3, -0.25) is 4.79 Å². The molecule has 0 heterocycles. The van der Waals surface area contributed by atoms with E-state index in [9.17, 15) is 4.79 Å². The van der Waals surface area contributed by atoms with Crippen LogP contribution in [0, 0.1) is 13.8 Å². The van der Waals surface area contributed by atoms with E-state index in [2.05, 4.69) is 61.7 Å². The molecule has 1 amide bonds. The number of guanidine groups is 1. The third kappa shape index (κ3) is 6.44. The summed E-state index contributed by atoms with van der Waals surface area (Å²) in [6.45, 7) is 7.02. The Morgan fingerprint density at radius 1 is 1.11 bits per heavy atom. The SMILES string of the molecule is Cc1ccc(CN=C(NCC(=O)N(C)C)NC(C)c2ccccc2)c(C)c1. The second-order valence-electron chi connectivity index (χ2n) is 7.01. The molecule has 0 aromatic heterocycles. The molecule has 0 aliphatic heterocycles. The van der Waals surface area contributed by atoms with Crippen molar-refractivity contribution < 1.29 is 4.79 Å². The quantitative estimate of drug-likeness (QED) is 0.610. The molecule has 144 valence electrons. The Hall–Kier alpha value is -2.82. The molecule has 2 aromatic carbocycles. The molecule has 2 rings (SSSR count). The molecule has 0 saturated carbocycles. The number of carbonyl (C=O) groups excluding carboxylic acids is 1. The Morgan fingerprint density at radius 3 is 2.44 bits per heavy atom. The van der Waals surface area contributed by atoms with Crippen LogP contribution in [0.2, 0.25) is 0 Å². The monoisotopic (exact) mass is 366 g/mol. The molecule has 0 fully saturated rings. The number of rotatable bonds is 6. The zero-order valence-electron chi connectivity index (χ0n) is 16.9. The second kappa shape index (κ2) is 9.76. The maximum Gasteiger partial charge on any atom is 0.241 e. The van der Waals surface area contributed by atoms with Crippen LogP contribution in [-0.2, 0) is 11.3 Å². The lowest BCUT2D eigenvalue weighted by molar-refractivity contribution is -0.127. The summed E-state index contributed by atoms with van der Waals surface area (Å²) >= 11 is 0. The highest BCUT2D eigenvalue weighted by Crippen LogP contribution is 2.13. The molecular weight excluding hydrogens is 336 g/mol. The minimum atomic E-state index is 0.00313. The Bertz CT molecular complexity index is 784. The largest absolute Gasteiger partial charge is 0.350 e. The number of carbonyl (C=O) groups is 1. The van der Waals surface area contributed by atoms with E-state index in [0.29, 0.717) is 12.5 Å². The van der Waals surface area contributed by atoms with Crippen molar-refractivity contribution in [3.63, 3.8) is 0 Å². The first-order valence-corrected chi connectivity index (χ1v) is 9.23. The molecule has 1 atom stereocenters. The summed E-state index contributed by atoms with van der Waals surface area (Å²) in [6, 6.07) is 16.6. The fourth-order valence-corrected chi connectivity index (χ4v) is 2.69. The first kappa shape index (κ1) is 20.5. The van der Waals surface area contributed by atoms with Gasteiger partial charge >= 0.3 is 0 Å². The van der Waals surface area contributed by atoms with E-state index in [1.54, 1.807) is 19.0 Å². The number of amides is 1. The normalized spacial score (nSPS) is 12.4. The fourth-order valence-electron chi connectivity index (χ4n) is 2.69. The van der Waals surface area contributed by atoms with E-state index >= 15 is 0 Å². The molecule has 5 heteroatoms. The minimum Gasteiger partial charge on any atom is -0.350 e. The summed E-state index contributed by atoms with van der Waals surface area (Å²) < 4.78 is 0. The summed E-state index contributed by atoms with van der Waals surface area (Å²) in [5.41, 5.74) is 4.80. The molecular formula is C22H30N4O. The number of likely N-dealkylation sites (N-methyl/N-ethyl adjacent to an activating group) is 1. The Balaban J connectivity index is 2.13. The molecule has 5 nitrogen and oxygen atoms in total. The van der Waals surface area contributed by atoms with Crippen LogP contribution in [0.1, 0.15) is 35.2 Å². The molecule has 0 spiro atoms. The number of benzene rings is 2. The number of hydrogen-bond donors (Lipinski definition) is 2. The van der Waals surface area contributed by atoms with E-state index in [1.165, 1.54) is 16.7 Å². The van der Waals surface area contributed by atoms with Crippen molar-refractivity contribution in [1.29, 1.82) is 0 Å². The lowest BCUT2D eigenvalue weighted by Crippen LogP contribution is -2.43. The molecule has 0 saturated heterocycles. The number of nitrogens with one attached hydrogen (secondary N) is 2. The number of hydrogen-bond acceptors (Lipinski definition) is 2. The highest BCUT2D eigenvalue weighted by atomic mass is 16.2. The number of aryl methyl sites for hydroxylation is 2. The van der Waals surface area contributed by atoms with Crippen molar-refractivity contribution in [2.24, 2.45) is 4.99 Å². The van der Waals surface area contributed by atoms with E-state index in [1.807, 2.05) is 18.2 Å². The third-order valence-corrected chi connectivity index (χ3v) is 4.46. The molecule has 2 aromatic rings. The molecule has 0 aliphatic rings. The van der Waals surface area contributed by atoms with E-state index in [0.717, 1.165) is 5.56 Å². The fraction of sp³-hybridized carbons (Fsp3) is 0.364. The van der Waals surface area contributed by atoms with Crippen LogP contribution >= 0.6 is 0 Å². The average molecular weight is 367 g/mol. The van der Waals surface area contributed by atoms with Gasteiger partial charge in [0.15, 0.2) is 5.96 Å². The van der Waals surface area contributed by atoms with Crippen molar-refractivity contribution in [3.05, 3.63) is 70.8 Å². The van der Waals surface area contributed by atoms with Crippen LogP contribution in [0.15, 0.2) is 53.5 Å². The van der Waals surface area contributed by atoms with Gasteiger partial charge in [0, 0.05) is 14.1 Å². The van der Waals surface area contributed by atoms with Gasteiger partial charge in [-0.05, 0) is 37.5 Å². The Labute approximate surface area is 162 Å². The smallest absolute Gasteiger partial charge is 0.241 e. The van der Waals surface area contributed by atoms with Crippen LogP contribution in [0.25, 0.3) is 0 Å². The maximum absolute atomic E-state index is 11.9. The lowest BCUT2D eigenvalue weighted by atomic mass is 10.1. The molecule has 0 aliphatic carbocycles. The molecule has 2 N–H and O–H groups in total. The van der Waals surface area contributed by atoms with Crippen LogP contribution < -0.4 is 10.6 Å². The van der Waals surface area contributed by atoms with Crippen LogP contribution in [0.4, 0.5) is 0 Å². The molecule has 0 bridgehead atoms. The van der Waals surface area contributed by atoms with Crippen molar-refractivity contribution >= 4 is 11.9 Å². The summed E-state index contributed by atoms with van der Waals surface area (Å²) in [7, 11) is 3.49. The molecule has 0 radical (unpaired) electrons. The van der Waals surface area contributed by atoms with Crippen molar-refractivity contribution in [3.8, 4) is 0 Å². The first-order chi connectivity index (χ1) is 12.9. The van der Waals surface area contributed by atoms with E-state index in [-0.39, 0.29) is 18.5 Å². The first-order valence-electron chi connectivity index (χ1n) is 9.23. The molecule has 27 heavy (non-hydrogen) atoms. The summed E-state index contributed by atoms with van der Waals surface area (Å²) in [4.78, 5) is 18.2. The number of nitrogens with zero attached hydrogens (tertiary/aromatic N) is 2. The Kier molecular flexibility index (Phi) is 7.41. The summed E-state index contributed by atoms with van der Waals surface area (Å²) in [6.07, 6.45) is 0. The van der Waals surface area contributed by atoms with Crippen LogP contribution in [0.3, 0.4) is 0 Å². The second-order valence-corrected chi connectivity index (χ2v) is 7.01. The molecule has 1 unspecified atom stereocenters. The predicted molar refractivity (Wildman–Crippen MR) is 112 cm³/mol. The topological polar surface area (TPSA) is 56.7 Å². The summed E-state index contributed by atoms with van der Waals surface area (Å²) in [5, 5.41) is 6.55. The van der Waals surface area contributed by atoms with Gasteiger partial charge in [0.05, 0.1) is 19.1 Å².